The van der Waals surface area contributed by atoms with Crippen LogP contribution in [0.2, 0.25) is 0 Å². The molecule has 15 heavy (non-hydrogen) atoms. The van der Waals surface area contributed by atoms with Gasteiger partial charge in [0.05, 0.1) is 6.54 Å². The van der Waals surface area contributed by atoms with Crippen molar-refractivity contribution >= 4 is 5.91 Å². The molecule has 0 bridgehead atoms. The molecule has 0 aliphatic heterocycles. The van der Waals surface area contributed by atoms with Gasteiger partial charge in [0.25, 0.3) is 0 Å². The second-order valence-corrected chi connectivity index (χ2v) is 5.83. The highest BCUT2D eigenvalue weighted by atomic mass is 16.2. The van der Waals surface area contributed by atoms with Crippen LogP contribution in [0.1, 0.15) is 33.6 Å². The normalized spacial score (nSPS) is 29.1. The minimum atomic E-state index is 0.159. The fraction of sp³-hybridized carbons (Fsp3) is 0.917. The summed E-state index contributed by atoms with van der Waals surface area (Å²) in [6.45, 7) is 7.35. The molecule has 2 atom stereocenters. The summed E-state index contributed by atoms with van der Waals surface area (Å²) in [4.78, 5) is 13.1. The van der Waals surface area contributed by atoms with Crippen LogP contribution in [0.3, 0.4) is 0 Å². The quantitative estimate of drug-likeness (QED) is 0.768. The molecule has 3 nitrogen and oxygen atoms in total. The molecule has 0 saturated heterocycles. The second-order valence-electron chi connectivity index (χ2n) is 5.83. The predicted octanol–water partition coefficient (Wildman–Crippen LogP) is 1.49. The Morgan fingerprint density at radius 1 is 1.40 bits per heavy atom. The van der Waals surface area contributed by atoms with Crippen LogP contribution in [0, 0.1) is 11.3 Å². The number of nitrogens with one attached hydrogen (secondary N) is 1. The van der Waals surface area contributed by atoms with E-state index >= 15 is 0 Å². The highest BCUT2D eigenvalue weighted by Gasteiger charge is 2.36. The van der Waals surface area contributed by atoms with E-state index in [-0.39, 0.29) is 5.91 Å². The molecule has 0 aromatic rings. The standard InChI is InChI=1S/C12H24N2O/c1-9-6-12(2,3)7-10(9)13-8-11(15)14(4)5/h9-10,13H,6-8H2,1-5H3. The predicted molar refractivity (Wildman–Crippen MR) is 62.7 cm³/mol. The van der Waals surface area contributed by atoms with Crippen LogP contribution in [0.4, 0.5) is 0 Å². The average molecular weight is 212 g/mol. The first-order chi connectivity index (χ1) is 6.82. The fourth-order valence-electron chi connectivity index (χ4n) is 2.54. The van der Waals surface area contributed by atoms with Crippen molar-refractivity contribution in [3.8, 4) is 0 Å². The van der Waals surface area contributed by atoms with Crippen LogP contribution in [0.5, 0.6) is 0 Å². The molecule has 3 heteroatoms. The fourth-order valence-corrected chi connectivity index (χ4v) is 2.54. The third kappa shape index (κ3) is 3.49. The highest BCUT2D eigenvalue weighted by Crippen LogP contribution is 2.40. The van der Waals surface area contributed by atoms with E-state index in [1.165, 1.54) is 12.8 Å². The topological polar surface area (TPSA) is 32.3 Å². The molecule has 0 aromatic carbocycles. The monoisotopic (exact) mass is 212 g/mol. The number of hydrogen-bond donors (Lipinski definition) is 1. The van der Waals surface area contributed by atoms with Gasteiger partial charge in [-0.05, 0) is 24.2 Å². The molecule has 1 aliphatic carbocycles. The van der Waals surface area contributed by atoms with E-state index in [9.17, 15) is 4.79 Å². The van der Waals surface area contributed by atoms with Crippen molar-refractivity contribution in [2.75, 3.05) is 20.6 Å². The molecule has 1 saturated carbocycles. The summed E-state index contributed by atoms with van der Waals surface area (Å²) in [6, 6.07) is 0.504. The number of amides is 1. The number of carbonyl (C=O) groups is 1. The summed E-state index contributed by atoms with van der Waals surface area (Å²) in [7, 11) is 3.60. The van der Waals surface area contributed by atoms with Gasteiger partial charge in [0.15, 0.2) is 0 Å². The van der Waals surface area contributed by atoms with Gasteiger partial charge in [-0.1, -0.05) is 20.8 Å². The number of hydrogen-bond acceptors (Lipinski definition) is 2. The molecule has 0 radical (unpaired) electrons. The Morgan fingerprint density at radius 3 is 2.40 bits per heavy atom. The SMILES string of the molecule is CC1CC(C)(C)CC1NCC(=O)N(C)C. The highest BCUT2D eigenvalue weighted by molar-refractivity contribution is 5.77. The molecule has 1 aliphatic rings. The number of rotatable bonds is 3. The van der Waals surface area contributed by atoms with Gasteiger partial charge >= 0.3 is 0 Å². The molecule has 2 unspecified atom stereocenters. The molecule has 1 amide bonds. The average Bonchev–Trinajstić information content (AvgIpc) is 2.35. The molecule has 0 aromatic heterocycles. The van der Waals surface area contributed by atoms with Crippen LogP contribution in [-0.2, 0) is 4.79 Å². The van der Waals surface area contributed by atoms with E-state index in [2.05, 4.69) is 26.1 Å². The Kier molecular flexibility index (Phi) is 3.77. The lowest BCUT2D eigenvalue weighted by atomic mass is 9.91. The smallest absolute Gasteiger partial charge is 0.236 e. The van der Waals surface area contributed by atoms with Crippen molar-refractivity contribution in [1.82, 2.24) is 10.2 Å². The zero-order valence-electron chi connectivity index (χ0n) is 10.6. The van der Waals surface area contributed by atoms with E-state index in [0.717, 1.165) is 0 Å². The Hall–Kier alpha value is -0.570. The maximum Gasteiger partial charge on any atom is 0.236 e. The van der Waals surface area contributed by atoms with Crippen molar-refractivity contribution in [2.24, 2.45) is 11.3 Å². The Morgan fingerprint density at radius 2 is 2.00 bits per heavy atom. The molecular formula is C12H24N2O. The first-order valence-corrected chi connectivity index (χ1v) is 5.75. The summed E-state index contributed by atoms with van der Waals surface area (Å²) in [5.41, 5.74) is 0.429. The van der Waals surface area contributed by atoms with Gasteiger partial charge in [-0.3, -0.25) is 4.79 Å². The van der Waals surface area contributed by atoms with Crippen molar-refractivity contribution in [1.29, 1.82) is 0 Å². The lowest BCUT2D eigenvalue weighted by molar-refractivity contribution is -0.127. The largest absolute Gasteiger partial charge is 0.348 e. The molecule has 0 spiro atoms. The third-order valence-corrected chi connectivity index (χ3v) is 3.35. The zero-order valence-corrected chi connectivity index (χ0v) is 10.6. The summed E-state index contributed by atoms with van der Waals surface area (Å²) in [6.07, 6.45) is 2.43. The van der Waals surface area contributed by atoms with Crippen LogP contribution in [-0.4, -0.2) is 37.5 Å². The first kappa shape index (κ1) is 12.5. The van der Waals surface area contributed by atoms with Gasteiger partial charge in [-0.25, -0.2) is 0 Å². The van der Waals surface area contributed by atoms with Gasteiger partial charge < -0.3 is 10.2 Å². The Bertz CT molecular complexity index is 236. The van der Waals surface area contributed by atoms with Gasteiger partial charge in [0.2, 0.25) is 5.91 Å². The summed E-state index contributed by atoms with van der Waals surface area (Å²) < 4.78 is 0. The number of likely N-dealkylation sites (N-methyl/N-ethyl adjacent to an activating group) is 1. The maximum absolute atomic E-state index is 11.4. The van der Waals surface area contributed by atoms with Crippen LogP contribution in [0.25, 0.3) is 0 Å². The van der Waals surface area contributed by atoms with Crippen molar-refractivity contribution in [3.05, 3.63) is 0 Å². The molecule has 88 valence electrons. The second kappa shape index (κ2) is 4.52. The van der Waals surface area contributed by atoms with Crippen molar-refractivity contribution in [2.45, 2.75) is 39.7 Å². The molecule has 1 fully saturated rings. The van der Waals surface area contributed by atoms with Crippen LogP contribution >= 0.6 is 0 Å². The summed E-state index contributed by atoms with van der Waals surface area (Å²) >= 11 is 0. The first-order valence-electron chi connectivity index (χ1n) is 5.75. The molecule has 0 heterocycles. The zero-order chi connectivity index (χ0) is 11.6. The van der Waals surface area contributed by atoms with Gasteiger partial charge in [-0.15, -0.1) is 0 Å². The number of carbonyl (C=O) groups excluding carboxylic acids is 1. The van der Waals surface area contributed by atoms with E-state index in [1.54, 1.807) is 19.0 Å². The lowest BCUT2D eigenvalue weighted by Gasteiger charge is -2.19. The number of nitrogens with zero attached hydrogens (tertiary/aromatic N) is 1. The maximum atomic E-state index is 11.4. The van der Waals surface area contributed by atoms with Crippen molar-refractivity contribution < 1.29 is 4.79 Å². The van der Waals surface area contributed by atoms with Crippen LogP contribution < -0.4 is 5.32 Å². The van der Waals surface area contributed by atoms with Crippen LogP contribution in [0.15, 0.2) is 0 Å². The minimum absolute atomic E-state index is 0.159. The summed E-state index contributed by atoms with van der Waals surface area (Å²) in [5, 5.41) is 3.38. The van der Waals surface area contributed by atoms with E-state index in [1.807, 2.05) is 0 Å². The van der Waals surface area contributed by atoms with Gasteiger partial charge in [0.1, 0.15) is 0 Å². The Labute approximate surface area is 93.2 Å². The Balaban J connectivity index is 2.37. The molecule has 1 rings (SSSR count). The molecular weight excluding hydrogens is 188 g/mol. The summed E-state index contributed by atoms with van der Waals surface area (Å²) in [5.74, 6) is 0.835. The van der Waals surface area contributed by atoms with E-state index in [4.69, 9.17) is 0 Å². The third-order valence-electron chi connectivity index (χ3n) is 3.35. The lowest BCUT2D eigenvalue weighted by Crippen LogP contribution is -2.40. The minimum Gasteiger partial charge on any atom is -0.348 e. The van der Waals surface area contributed by atoms with E-state index < -0.39 is 0 Å². The van der Waals surface area contributed by atoms with E-state index in [0.29, 0.717) is 23.9 Å². The van der Waals surface area contributed by atoms with Gasteiger partial charge in [0, 0.05) is 20.1 Å². The molecule has 1 N–H and O–H groups in total. The van der Waals surface area contributed by atoms with Crippen molar-refractivity contribution in [3.63, 3.8) is 0 Å². The van der Waals surface area contributed by atoms with Gasteiger partial charge in [-0.2, -0.15) is 0 Å².